The van der Waals surface area contributed by atoms with E-state index in [-0.39, 0.29) is 5.78 Å². The summed E-state index contributed by atoms with van der Waals surface area (Å²) in [7, 11) is 0. The molecule has 0 radical (unpaired) electrons. The molecule has 1 aromatic heterocycles. The van der Waals surface area contributed by atoms with Gasteiger partial charge in [-0.15, -0.1) is 0 Å². The first-order chi connectivity index (χ1) is 15.7. The number of aromatic nitrogens is 1. The summed E-state index contributed by atoms with van der Waals surface area (Å²) in [6.07, 6.45) is 6.05. The highest BCUT2D eigenvalue weighted by atomic mass is 16.3. The van der Waals surface area contributed by atoms with E-state index in [1.54, 1.807) is 6.08 Å². The summed E-state index contributed by atoms with van der Waals surface area (Å²) < 4.78 is 2.09. The van der Waals surface area contributed by atoms with Gasteiger partial charge in [-0.2, -0.15) is 0 Å². The molecule has 0 aliphatic carbocycles. The maximum absolute atomic E-state index is 12.5. The second-order valence-corrected chi connectivity index (χ2v) is 8.30. The van der Waals surface area contributed by atoms with Crippen LogP contribution in [0.1, 0.15) is 21.5 Å². The van der Waals surface area contributed by atoms with E-state index in [0.717, 1.165) is 29.4 Å². The topological polar surface area (TPSA) is 45.5 Å². The fourth-order valence-electron chi connectivity index (χ4n) is 4.56. The largest absolute Gasteiger partial charge is 0.389 e. The SMILES string of the molecule is O=C(C=Cc1cn(CC(O)CN2CCc3ccccc32)c2ccccc12)c1ccccc1. The Morgan fingerprint density at radius 3 is 2.56 bits per heavy atom. The van der Waals surface area contributed by atoms with Crippen LogP contribution in [0.15, 0.2) is 91.1 Å². The zero-order valence-corrected chi connectivity index (χ0v) is 17.9. The van der Waals surface area contributed by atoms with Crippen molar-refractivity contribution >= 4 is 28.4 Å². The summed E-state index contributed by atoms with van der Waals surface area (Å²) in [5.74, 6) is -0.0184. The number of fused-ring (bicyclic) bond motifs is 2. The Balaban J connectivity index is 1.35. The lowest BCUT2D eigenvalue weighted by atomic mass is 10.1. The number of benzene rings is 3. The highest BCUT2D eigenvalue weighted by molar-refractivity contribution is 6.07. The molecule has 1 N–H and O–H groups in total. The molecule has 2 heterocycles. The van der Waals surface area contributed by atoms with Gasteiger partial charge in [-0.25, -0.2) is 0 Å². The summed E-state index contributed by atoms with van der Waals surface area (Å²) in [4.78, 5) is 14.8. The van der Waals surface area contributed by atoms with Gasteiger partial charge in [0.15, 0.2) is 5.78 Å². The first-order valence-electron chi connectivity index (χ1n) is 11.1. The van der Waals surface area contributed by atoms with Gasteiger partial charge in [0.25, 0.3) is 0 Å². The van der Waals surface area contributed by atoms with Crippen LogP contribution in [0, 0.1) is 0 Å². The Bertz CT molecular complexity index is 1270. The van der Waals surface area contributed by atoms with Crippen molar-refractivity contribution in [1.82, 2.24) is 4.57 Å². The summed E-state index contributed by atoms with van der Waals surface area (Å²) in [6.45, 7) is 2.04. The maximum atomic E-state index is 12.5. The average Bonchev–Trinajstić information content (AvgIpc) is 3.39. The number of nitrogens with zero attached hydrogens (tertiary/aromatic N) is 2. The van der Waals surface area contributed by atoms with Gasteiger partial charge in [-0.1, -0.05) is 66.7 Å². The Morgan fingerprint density at radius 1 is 0.938 bits per heavy atom. The first kappa shape index (κ1) is 20.3. The number of allylic oxidation sites excluding steroid dienone is 1. The summed E-state index contributed by atoms with van der Waals surface area (Å²) in [5.41, 5.74) is 5.28. The van der Waals surface area contributed by atoms with E-state index < -0.39 is 6.10 Å². The van der Waals surface area contributed by atoms with Gasteiger partial charge in [0.1, 0.15) is 0 Å². The van der Waals surface area contributed by atoms with Crippen molar-refractivity contribution in [3.05, 3.63) is 108 Å². The Morgan fingerprint density at radius 2 is 1.69 bits per heavy atom. The molecule has 0 bridgehead atoms. The van der Waals surface area contributed by atoms with Crippen molar-refractivity contribution in [2.45, 2.75) is 19.1 Å². The predicted octanol–water partition coefficient (Wildman–Crippen LogP) is 4.96. The monoisotopic (exact) mass is 422 g/mol. The van der Waals surface area contributed by atoms with Crippen molar-refractivity contribution in [2.24, 2.45) is 0 Å². The normalized spacial score (nSPS) is 14.2. The van der Waals surface area contributed by atoms with E-state index in [9.17, 15) is 9.90 Å². The van der Waals surface area contributed by atoms with Crippen molar-refractivity contribution in [2.75, 3.05) is 18.0 Å². The van der Waals surface area contributed by atoms with E-state index in [1.165, 1.54) is 11.3 Å². The summed E-state index contributed by atoms with van der Waals surface area (Å²) in [5, 5.41) is 12.0. The molecular weight excluding hydrogens is 396 g/mol. The van der Waals surface area contributed by atoms with E-state index in [4.69, 9.17) is 0 Å². The second kappa shape index (κ2) is 8.85. The van der Waals surface area contributed by atoms with Gasteiger partial charge in [-0.05, 0) is 36.3 Å². The lowest BCUT2D eigenvalue weighted by Crippen LogP contribution is -2.33. The molecule has 0 fully saturated rings. The third kappa shape index (κ3) is 4.10. The smallest absolute Gasteiger partial charge is 0.185 e. The first-order valence-corrected chi connectivity index (χ1v) is 11.1. The second-order valence-electron chi connectivity index (χ2n) is 8.30. The molecule has 1 atom stereocenters. The molecule has 4 heteroatoms. The molecule has 4 aromatic rings. The molecule has 3 aromatic carbocycles. The standard InChI is InChI=1S/C28H26N2O2/c31-24(19-29-17-16-21-8-4-6-12-26(21)29)20-30-18-23(25-11-5-7-13-27(25)30)14-15-28(32)22-9-2-1-3-10-22/h1-15,18,24,31H,16-17,19-20H2. The lowest BCUT2D eigenvalue weighted by Gasteiger charge is -2.23. The Hall–Kier alpha value is -3.63. The number of carbonyl (C=O) groups excluding carboxylic acids is 1. The zero-order chi connectivity index (χ0) is 21.9. The fourth-order valence-corrected chi connectivity index (χ4v) is 4.56. The Kier molecular flexibility index (Phi) is 5.61. The van der Waals surface area contributed by atoms with Gasteiger partial charge >= 0.3 is 0 Å². The van der Waals surface area contributed by atoms with Crippen LogP contribution in [-0.4, -0.2) is 34.7 Å². The van der Waals surface area contributed by atoms with Crippen molar-refractivity contribution in [3.8, 4) is 0 Å². The van der Waals surface area contributed by atoms with Crippen molar-refractivity contribution in [1.29, 1.82) is 0 Å². The highest BCUT2D eigenvalue weighted by Gasteiger charge is 2.21. The minimum absolute atomic E-state index is 0.0184. The van der Waals surface area contributed by atoms with Gasteiger partial charge in [0.2, 0.25) is 0 Å². The lowest BCUT2D eigenvalue weighted by molar-refractivity contribution is 0.104. The van der Waals surface area contributed by atoms with Crippen molar-refractivity contribution in [3.63, 3.8) is 0 Å². The quantitative estimate of drug-likeness (QED) is 0.338. The van der Waals surface area contributed by atoms with Gasteiger partial charge in [0.05, 0.1) is 12.6 Å². The van der Waals surface area contributed by atoms with Crippen LogP contribution in [-0.2, 0) is 13.0 Å². The van der Waals surface area contributed by atoms with Crippen LogP contribution >= 0.6 is 0 Å². The summed E-state index contributed by atoms with van der Waals surface area (Å²) >= 11 is 0. The molecule has 0 saturated heterocycles. The van der Waals surface area contributed by atoms with E-state index in [1.807, 2.05) is 54.7 Å². The van der Waals surface area contributed by atoms with Crippen LogP contribution in [0.2, 0.25) is 0 Å². The number of rotatable bonds is 7. The molecule has 160 valence electrons. The third-order valence-corrected chi connectivity index (χ3v) is 6.11. The molecule has 1 aliphatic rings. The number of aliphatic hydroxyl groups excluding tert-OH is 1. The van der Waals surface area contributed by atoms with E-state index in [2.05, 4.69) is 45.9 Å². The molecule has 1 unspecified atom stereocenters. The van der Waals surface area contributed by atoms with Gasteiger partial charge in [0, 0.05) is 47.0 Å². The van der Waals surface area contributed by atoms with E-state index >= 15 is 0 Å². The molecule has 0 saturated carbocycles. The molecular formula is C28H26N2O2. The zero-order valence-electron chi connectivity index (χ0n) is 17.9. The third-order valence-electron chi connectivity index (χ3n) is 6.11. The minimum Gasteiger partial charge on any atom is -0.389 e. The fraction of sp³-hybridized carbons (Fsp3) is 0.179. The average molecular weight is 423 g/mol. The maximum Gasteiger partial charge on any atom is 0.185 e. The molecule has 1 aliphatic heterocycles. The Labute approximate surface area is 188 Å². The van der Waals surface area contributed by atoms with Crippen LogP contribution in [0.5, 0.6) is 0 Å². The van der Waals surface area contributed by atoms with Crippen LogP contribution in [0.25, 0.3) is 17.0 Å². The number of hydrogen-bond acceptors (Lipinski definition) is 3. The van der Waals surface area contributed by atoms with Gasteiger partial charge < -0.3 is 14.6 Å². The number of ketones is 1. The van der Waals surface area contributed by atoms with Gasteiger partial charge in [-0.3, -0.25) is 4.79 Å². The van der Waals surface area contributed by atoms with Crippen molar-refractivity contribution < 1.29 is 9.90 Å². The number of carbonyl (C=O) groups is 1. The number of anilines is 1. The van der Waals surface area contributed by atoms with Crippen LogP contribution < -0.4 is 4.90 Å². The molecule has 0 amide bonds. The van der Waals surface area contributed by atoms with Crippen LogP contribution in [0.4, 0.5) is 5.69 Å². The van der Waals surface area contributed by atoms with Crippen LogP contribution in [0.3, 0.4) is 0 Å². The molecule has 32 heavy (non-hydrogen) atoms. The number of β-amino-alcohol motifs (C(OH)–C–C–N with tert-alkyl or cyclic N) is 1. The summed E-state index contributed by atoms with van der Waals surface area (Å²) in [6, 6.07) is 25.8. The number of hydrogen-bond donors (Lipinski definition) is 1. The molecule has 0 spiro atoms. The highest BCUT2D eigenvalue weighted by Crippen LogP contribution is 2.28. The molecule has 4 nitrogen and oxygen atoms in total. The van der Waals surface area contributed by atoms with E-state index in [0.29, 0.717) is 18.7 Å². The predicted molar refractivity (Wildman–Crippen MR) is 130 cm³/mol. The number of aliphatic hydroxyl groups is 1. The molecule has 5 rings (SSSR count). The number of para-hydroxylation sites is 2. The minimum atomic E-state index is -0.500.